The van der Waals surface area contributed by atoms with Crippen LogP contribution in [0.15, 0.2) is 24.3 Å². The molecule has 5 heteroatoms. The summed E-state index contributed by atoms with van der Waals surface area (Å²) in [5, 5.41) is 6.09. The second kappa shape index (κ2) is 6.45. The molecule has 3 rings (SSSR count). The summed E-state index contributed by atoms with van der Waals surface area (Å²) in [5.74, 6) is 1.53. The summed E-state index contributed by atoms with van der Waals surface area (Å²) in [6, 6.07) is 7.23. The Hall–Kier alpha value is -1.59. The third kappa shape index (κ3) is 3.95. The minimum atomic E-state index is -0.301. The van der Waals surface area contributed by atoms with Crippen molar-refractivity contribution in [3.63, 3.8) is 0 Å². The van der Waals surface area contributed by atoms with Crippen molar-refractivity contribution in [2.75, 3.05) is 25.1 Å². The minimum absolute atomic E-state index is 0.0613. The predicted molar refractivity (Wildman–Crippen MR) is 80.5 cm³/mol. The molecule has 1 aliphatic heterocycles. The quantitative estimate of drug-likeness (QED) is 0.868. The molecule has 21 heavy (non-hydrogen) atoms. The van der Waals surface area contributed by atoms with Gasteiger partial charge in [-0.15, -0.1) is 0 Å². The van der Waals surface area contributed by atoms with Crippen LogP contribution in [0.25, 0.3) is 0 Å². The van der Waals surface area contributed by atoms with Gasteiger partial charge in [0.25, 0.3) is 0 Å². The standard InChI is InChI=1S/C16H22N2O3/c1-11-15(17-8-9-20-11)16(19)18-13-4-6-14(7-5-13)21-10-12-2-3-12/h4-7,11-12,15,17H,2-3,8-10H2,1H3,(H,18,19)/t11-,15+/m1/s1. The van der Waals surface area contributed by atoms with Gasteiger partial charge >= 0.3 is 0 Å². The Balaban J connectivity index is 1.52. The van der Waals surface area contributed by atoms with Crippen LogP contribution in [0.3, 0.4) is 0 Å². The highest BCUT2D eigenvalue weighted by atomic mass is 16.5. The van der Waals surface area contributed by atoms with Gasteiger partial charge in [0, 0.05) is 12.2 Å². The van der Waals surface area contributed by atoms with Crippen LogP contribution >= 0.6 is 0 Å². The molecule has 1 aromatic carbocycles. The second-order valence-corrected chi connectivity index (χ2v) is 5.78. The van der Waals surface area contributed by atoms with E-state index in [-0.39, 0.29) is 18.1 Å². The van der Waals surface area contributed by atoms with E-state index in [1.807, 2.05) is 31.2 Å². The van der Waals surface area contributed by atoms with Crippen molar-refractivity contribution in [3.05, 3.63) is 24.3 Å². The van der Waals surface area contributed by atoms with Gasteiger partial charge in [0.05, 0.1) is 19.3 Å². The van der Waals surface area contributed by atoms with Crippen LogP contribution in [0.4, 0.5) is 5.69 Å². The molecule has 1 amide bonds. The van der Waals surface area contributed by atoms with Gasteiger partial charge in [0.1, 0.15) is 11.8 Å². The van der Waals surface area contributed by atoms with E-state index in [2.05, 4.69) is 10.6 Å². The first kappa shape index (κ1) is 14.4. The lowest BCUT2D eigenvalue weighted by atomic mass is 10.1. The van der Waals surface area contributed by atoms with Crippen molar-refractivity contribution < 1.29 is 14.3 Å². The van der Waals surface area contributed by atoms with Crippen LogP contribution in [0.2, 0.25) is 0 Å². The van der Waals surface area contributed by atoms with Gasteiger partial charge in [-0.1, -0.05) is 0 Å². The van der Waals surface area contributed by atoms with Gasteiger partial charge in [-0.2, -0.15) is 0 Å². The van der Waals surface area contributed by atoms with Crippen molar-refractivity contribution in [2.45, 2.75) is 31.9 Å². The number of carbonyl (C=O) groups excluding carboxylic acids is 1. The summed E-state index contributed by atoms with van der Waals surface area (Å²) in [5.41, 5.74) is 0.776. The number of rotatable bonds is 5. The summed E-state index contributed by atoms with van der Waals surface area (Å²) >= 11 is 0. The summed E-state index contributed by atoms with van der Waals surface area (Å²) in [6.07, 6.45) is 2.45. The minimum Gasteiger partial charge on any atom is -0.493 e. The van der Waals surface area contributed by atoms with Crippen molar-refractivity contribution >= 4 is 11.6 Å². The fourth-order valence-electron chi connectivity index (χ4n) is 2.38. The van der Waals surface area contributed by atoms with Crippen LogP contribution < -0.4 is 15.4 Å². The van der Waals surface area contributed by atoms with Crippen LogP contribution in [-0.4, -0.2) is 37.8 Å². The van der Waals surface area contributed by atoms with Crippen LogP contribution in [-0.2, 0) is 9.53 Å². The molecule has 1 saturated carbocycles. The Morgan fingerprint density at radius 2 is 2.14 bits per heavy atom. The van der Waals surface area contributed by atoms with E-state index in [0.29, 0.717) is 13.2 Å². The first-order valence-corrected chi connectivity index (χ1v) is 7.61. The van der Waals surface area contributed by atoms with E-state index in [9.17, 15) is 4.79 Å². The molecule has 114 valence electrons. The van der Waals surface area contributed by atoms with Gasteiger partial charge in [-0.3, -0.25) is 4.79 Å². The van der Waals surface area contributed by atoms with E-state index in [1.165, 1.54) is 12.8 Å². The highest BCUT2D eigenvalue weighted by Gasteiger charge is 2.28. The molecule has 2 atom stereocenters. The summed E-state index contributed by atoms with van der Waals surface area (Å²) in [6.45, 7) is 4.06. The largest absolute Gasteiger partial charge is 0.493 e. The van der Waals surface area contributed by atoms with Crippen molar-refractivity contribution in [1.82, 2.24) is 5.32 Å². The van der Waals surface area contributed by atoms with Gasteiger partial charge in [0.15, 0.2) is 0 Å². The smallest absolute Gasteiger partial charge is 0.244 e. The van der Waals surface area contributed by atoms with E-state index in [4.69, 9.17) is 9.47 Å². The maximum Gasteiger partial charge on any atom is 0.244 e. The van der Waals surface area contributed by atoms with Gasteiger partial charge < -0.3 is 20.1 Å². The van der Waals surface area contributed by atoms with E-state index in [0.717, 1.165) is 24.0 Å². The predicted octanol–water partition coefficient (Wildman–Crippen LogP) is 1.79. The monoisotopic (exact) mass is 290 g/mol. The number of carbonyl (C=O) groups is 1. The Morgan fingerprint density at radius 1 is 1.38 bits per heavy atom. The molecule has 0 aromatic heterocycles. The average molecular weight is 290 g/mol. The Bertz CT molecular complexity index is 485. The molecule has 0 radical (unpaired) electrons. The van der Waals surface area contributed by atoms with E-state index in [1.54, 1.807) is 0 Å². The molecule has 1 aliphatic carbocycles. The lowest BCUT2D eigenvalue weighted by Gasteiger charge is -2.29. The fraction of sp³-hybridized carbons (Fsp3) is 0.562. The number of amides is 1. The van der Waals surface area contributed by atoms with Crippen LogP contribution in [0.5, 0.6) is 5.75 Å². The highest BCUT2D eigenvalue weighted by molar-refractivity contribution is 5.95. The normalized spacial score (nSPS) is 25.4. The molecule has 1 aromatic rings. The molecule has 2 aliphatic rings. The van der Waals surface area contributed by atoms with Crippen molar-refractivity contribution in [1.29, 1.82) is 0 Å². The Labute approximate surface area is 125 Å². The molecule has 1 saturated heterocycles. The van der Waals surface area contributed by atoms with Crippen molar-refractivity contribution in [2.24, 2.45) is 5.92 Å². The second-order valence-electron chi connectivity index (χ2n) is 5.78. The zero-order valence-corrected chi connectivity index (χ0v) is 12.3. The summed E-state index contributed by atoms with van der Waals surface area (Å²) in [4.78, 5) is 12.2. The third-order valence-electron chi connectivity index (χ3n) is 3.90. The van der Waals surface area contributed by atoms with Gasteiger partial charge in [-0.25, -0.2) is 0 Å². The SMILES string of the molecule is C[C@H]1OCCN[C@@H]1C(=O)Nc1ccc(OCC2CC2)cc1. The molecular formula is C16H22N2O3. The maximum absolute atomic E-state index is 12.2. The Morgan fingerprint density at radius 3 is 2.81 bits per heavy atom. The van der Waals surface area contributed by atoms with Crippen LogP contribution in [0, 0.1) is 5.92 Å². The first-order chi connectivity index (χ1) is 10.2. The third-order valence-corrected chi connectivity index (χ3v) is 3.90. The molecule has 0 bridgehead atoms. The first-order valence-electron chi connectivity index (χ1n) is 7.61. The number of morpholine rings is 1. The van der Waals surface area contributed by atoms with E-state index < -0.39 is 0 Å². The molecule has 0 unspecified atom stereocenters. The lowest BCUT2D eigenvalue weighted by molar-refractivity contribution is -0.123. The molecule has 2 N–H and O–H groups in total. The zero-order chi connectivity index (χ0) is 14.7. The zero-order valence-electron chi connectivity index (χ0n) is 12.3. The Kier molecular flexibility index (Phi) is 4.41. The molecule has 2 fully saturated rings. The molecule has 5 nitrogen and oxygen atoms in total. The summed E-state index contributed by atoms with van der Waals surface area (Å²) < 4.78 is 11.2. The number of benzene rings is 1. The van der Waals surface area contributed by atoms with Gasteiger partial charge in [-0.05, 0) is 49.9 Å². The highest BCUT2D eigenvalue weighted by Crippen LogP contribution is 2.29. The molecule has 0 spiro atoms. The number of hydrogen-bond donors (Lipinski definition) is 2. The molecular weight excluding hydrogens is 268 g/mol. The number of anilines is 1. The lowest BCUT2D eigenvalue weighted by Crippen LogP contribution is -2.53. The average Bonchev–Trinajstić information content (AvgIpc) is 3.31. The van der Waals surface area contributed by atoms with Gasteiger partial charge in [0.2, 0.25) is 5.91 Å². The number of ether oxygens (including phenoxy) is 2. The number of nitrogens with one attached hydrogen (secondary N) is 2. The maximum atomic E-state index is 12.2. The number of hydrogen-bond acceptors (Lipinski definition) is 4. The topological polar surface area (TPSA) is 59.6 Å². The van der Waals surface area contributed by atoms with Crippen molar-refractivity contribution in [3.8, 4) is 5.75 Å². The fourth-order valence-corrected chi connectivity index (χ4v) is 2.38. The van der Waals surface area contributed by atoms with E-state index >= 15 is 0 Å². The molecule has 1 heterocycles. The summed E-state index contributed by atoms with van der Waals surface area (Å²) in [7, 11) is 0. The van der Waals surface area contributed by atoms with Crippen LogP contribution in [0.1, 0.15) is 19.8 Å².